The third-order valence-electron chi connectivity index (χ3n) is 3.44. The van der Waals surface area contributed by atoms with Gasteiger partial charge in [0.15, 0.2) is 0 Å². The van der Waals surface area contributed by atoms with Crippen LogP contribution in [0.5, 0.6) is 0 Å². The minimum atomic E-state index is -0.777. The fraction of sp³-hybridized carbons (Fsp3) is 0.692. The molecule has 1 saturated heterocycles. The lowest BCUT2D eigenvalue weighted by atomic mass is 10.1. The van der Waals surface area contributed by atoms with Gasteiger partial charge in [0.1, 0.15) is 6.17 Å². The molecule has 2 nitrogen and oxygen atoms in total. The minimum absolute atomic E-state index is 0.538. The van der Waals surface area contributed by atoms with Gasteiger partial charge in [-0.1, -0.05) is 6.08 Å². The molecule has 0 radical (unpaired) electrons. The van der Waals surface area contributed by atoms with E-state index in [0.29, 0.717) is 12.5 Å². The van der Waals surface area contributed by atoms with Gasteiger partial charge in [0, 0.05) is 44.3 Å². The van der Waals surface area contributed by atoms with E-state index in [9.17, 15) is 4.39 Å². The van der Waals surface area contributed by atoms with Crippen molar-refractivity contribution in [1.29, 1.82) is 0 Å². The summed E-state index contributed by atoms with van der Waals surface area (Å²) in [5.74, 6) is 0. The van der Waals surface area contributed by atoms with Crippen molar-refractivity contribution in [3.05, 3.63) is 23.9 Å². The maximum absolute atomic E-state index is 12.9. The summed E-state index contributed by atoms with van der Waals surface area (Å²) in [5.41, 5.74) is 1.21. The van der Waals surface area contributed by atoms with E-state index >= 15 is 0 Å². The lowest BCUT2D eigenvalue weighted by Crippen LogP contribution is -2.48. The van der Waals surface area contributed by atoms with Crippen LogP contribution in [0, 0.1) is 0 Å². The van der Waals surface area contributed by atoms with E-state index in [1.165, 1.54) is 5.70 Å². The monoisotopic (exact) mass is 224 g/mol. The molecule has 1 aliphatic carbocycles. The number of allylic oxidation sites excluding steroid dienone is 3. The van der Waals surface area contributed by atoms with Crippen LogP contribution >= 0.6 is 0 Å². The molecule has 0 aromatic carbocycles. The van der Waals surface area contributed by atoms with E-state index in [-0.39, 0.29) is 0 Å². The maximum Gasteiger partial charge on any atom is 0.122 e. The van der Waals surface area contributed by atoms with Crippen LogP contribution in [0.25, 0.3) is 0 Å². The van der Waals surface area contributed by atoms with Gasteiger partial charge in [-0.25, -0.2) is 4.39 Å². The minimum Gasteiger partial charge on any atom is -0.369 e. The number of hydrogen-bond acceptors (Lipinski definition) is 2. The summed E-state index contributed by atoms with van der Waals surface area (Å²) < 4.78 is 12.9. The molecular weight excluding hydrogens is 203 g/mol. The van der Waals surface area contributed by atoms with Crippen LogP contribution in [-0.2, 0) is 0 Å². The Morgan fingerprint density at radius 2 is 1.94 bits per heavy atom. The topological polar surface area (TPSA) is 6.48 Å². The summed E-state index contributed by atoms with van der Waals surface area (Å²) in [7, 11) is 0. The van der Waals surface area contributed by atoms with Crippen LogP contribution in [-0.4, -0.2) is 48.2 Å². The molecule has 1 heterocycles. The van der Waals surface area contributed by atoms with Gasteiger partial charge >= 0.3 is 0 Å². The Hall–Kier alpha value is -0.830. The molecule has 0 aromatic heterocycles. The van der Waals surface area contributed by atoms with Gasteiger partial charge in [-0.05, 0) is 26.0 Å². The highest BCUT2D eigenvalue weighted by molar-refractivity contribution is 5.23. The van der Waals surface area contributed by atoms with Crippen molar-refractivity contribution in [1.82, 2.24) is 9.80 Å². The highest BCUT2D eigenvalue weighted by atomic mass is 19.1. The Morgan fingerprint density at radius 1 is 1.25 bits per heavy atom. The maximum atomic E-state index is 12.9. The Balaban J connectivity index is 1.88. The van der Waals surface area contributed by atoms with Crippen LogP contribution in [0.4, 0.5) is 4.39 Å². The smallest absolute Gasteiger partial charge is 0.122 e. The predicted octanol–water partition coefficient (Wildman–Crippen LogP) is 2.19. The van der Waals surface area contributed by atoms with Crippen LogP contribution in [0.1, 0.15) is 20.3 Å². The van der Waals surface area contributed by atoms with E-state index in [1.54, 1.807) is 6.08 Å². The molecule has 3 heteroatoms. The summed E-state index contributed by atoms with van der Waals surface area (Å²) in [6.45, 7) is 8.83. The fourth-order valence-corrected chi connectivity index (χ4v) is 2.31. The molecule has 0 aromatic rings. The largest absolute Gasteiger partial charge is 0.369 e. The van der Waals surface area contributed by atoms with Gasteiger partial charge in [0.05, 0.1) is 0 Å². The zero-order chi connectivity index (χ0) is 11.5. The average molecular weight is 224 g/mol. The SMILES string of the molecule is CC(C)N1CCN(C2=CCC(F)C=C2)CC1. The molecular formula is C13H21FN2. The van der Waals surface area contributed by atoms with Gasteiger partial charge in [-0.2, -0.15) is 0 Å². The molecule has 0 saturated carbocycles. The second-order valence-electron chi connectivity index (χ2n) is 4.86. The average Bonchev–Trinajstić information content (AvgIpc) is 2.30. The Morgan fingerprint density at radius 3 is 2.44 bits per heavy atom. The van der Waals surface area contributed by atoms with E-state index in [2.05, 4.69) is 23.6 Å². The van der Waals surface area contributed by atoms with Crippen LogP contribution in [0.3, 0.4) is 0 Å². The standard InChI is InChI=1S/C13H21FN2/c1-11(2)15-7-9-16(10-8-15)13-5-3-12(14)4-6-13/h3,5-6,11-12H,4,7-10H2,1-2H3. The molecule has 0 amide bonds. The predicted molar refractivity (Wildman–Crippen MR) is 65.0 cm³/mol. The molecule has 1 fully saturated rings. The summed E-state index contributed by atoms with van der Waals surface area (Å²) in [6, 6.07) is 0.633. The van der Waals surface area contributed by atoms with Crippen molar-refractivity contribution in [2.24, 2.45) is 0 Å². The molecule has 0 spiro atoms. The first-order valence-electron chi connectivity index (χ1n) is 6.18. The first kappa shape index (κ1) is 11.6. The lowest BCUT2D eigenvalue weighted by Gasteiger charge is -2.39. The zero-order valence-corrected chi connectivity index (χ0v) is 10.2. The number of rotatable bonds is 2. The first-order valence-corrected chi connectivity index (χ1v) is 6.18. The van der Waals surface area contributed by atoms with Gasteiger partial charge in [0.2, 0.25) is 0 Å². The molecule has 2 aliphatic rings. The van der Waals surface area contributed by atoms with Gasteiger partial charge in [-0.3, -0.25) is 4.90 Å². The van der Waals surface area contributed by atoms with Crippen molar-refractivity contribution in [3.63, 3.8) is 0 Å². The van der Waals surface area contributed by atoms with Gasteiger partial charge in [-0.15, -0.1) is 0 Å². The quantitative estimate of drug-likeness (QED) is 0.709. The number of nitrogens with zero attached hydrogens (tertiary/aromatic N) is 2. The first-order chi connectivity index (χ1) is 7.66. The summed E-state index contributed by atoms with van der Waals surface area (Å²) >= 11 is 0. The highest BCUT2D eigenvalue weighted by Crippen LogP contribution is 2.18. The van der Waals surface area contributed by atoms with Gasteiger partial charge < -0.3 is 4.90 Å². The highest BCUT2D eigenvalue weighted by Gasteiger charge is 2.20. The molecule has 0 N–H and O–H groups in total. The van der Waals surface area contributed by atoms with Crippen molar-refractivity contribution >= 4 is 0 Å². The van der Waals surface area contributed by atoms with Crippen LogP contribution in [0.15, 0.2) is 23.9 Å². The Labute approximate surface area is 97.4 Å². The third kappa shape index (κ3) is 2.64. The molecule has 1 aliphatic heterocycles. The van der Waals surface area contributed by atoms with Crippen molar-refractivity contribution in [2.45, 2.75) is 32.5 Å². The van der Waals surface area contributed by atoms with Crippen LogP contribution < -0.4 is 0 Å². The molecule has 90 valence electrons. The Kier molecular flexibility index (Phi) is 3.64. The fourth-order valence-electron chi connectivity index (χ4n) is 2.31. The van der Waals surface area contributed by atoms with E-state index < -0.39 is 6.17 Å². The summed E-state index contributed by atoms with van der Waals surface area (Å²) in [4.78, 5) is 4.85. The number of alkyl halides is 1. The molecule has 0 bridgehead atoms. The van der Waals surface area contributed by atoms with Crippen molar-refractivity contribution < 1.29 is 4.39 Å². The normalized spacial score (nSPS) is 27.4. The number of halogens is 1. The number of piperazine rings is 1. The van der Waals surface area contributed by atoms with Crippen LogP contribution in [0.2, 0.25) is 0 Å². The zero-order valence-electron chi connectivity index (χ0n) is 10.2. The molecule has 2 rings (SSSR count). The second-order valence-corrected chi connectivity index (χ2v) is 4.86. The number of hydrogen-bond donors (Lipinski definition) is 0. The van der Waals surface area contributed by atoms with E-state index in [1.807, 2.05) is 12.2 Å². The summed E-state index contributed by atoms with van der Waals surface area (Å²) in [5, 5.41) is 0. The molecule has 1 atom stereocenters. The van der Waals surface area contributed by atoms with Crippen molar-refractivity contribution in [2.75, 3.05) is 26.2 Å². The lowest BCUT2D eigenvalue weighted by molar-refractivity contribution is 0.132. The summed E-state index contributed by atoms with van der Waals surface area (Å²) in [6.07, 6.45) is 5.38. The third-order valence-corrected chi connectivity index (χ3v) is 3.44. The van der Waals surface area contributed by atoms with E-state index in [0.717, 1.165) is 26.2 Å². The second kappa shape index (κ2) is 5.00. The Bertz CT molecular complexity index is 288. The molecule has 16 heavy (non-hydrogen) atoms. The van der Waals surface area contributed by atoms with Gasteiger partial charge in [0.25, 0.3) is 0 Å². The molecule has 1 unspecified atom stereocenters. The van der Waals surface area contributed by atoms with Crippen molar-refractivity contribution in [3.8, 4) is 0 Å². The van der Waals surface area contributed by atoms with E-state index in [4.69, 9.17) is 0 Å².